The maximum atomic E-state index is 9.83. The van der Waals surface area contributed by atoms with E-state index in [0.29, 0.717) is 23.4 Å². The summed E-state index contributed by atoms with van der Waals surface area (Å²) in [6.45, 7) is 5.26. The van der Waals surface area contributed by atoms with Gasteiger partial charge in [-0.05, 0) is 86.5 Å². The van der Waals surface area contributed by atoms with Gasteiger partial charge in [-0.15, -0.1) is 0 Å². The van der Waals surface area contributed by atoms with Crippen LogP contribution in [0.4, 0.5) is 0 Å². The van der Waals surface area contributed by atoms with Crippen LogP contribution in [0.5, 0.6) is 0 Å². The van der Waals surface area contributed by atoms with Gasteiger partial charge >= 0.3 is 0 Å². The Bertz CT molecular complexity index is 615. The number of hydrogen-bond acceptors (Lipinski definition) is 3. The zero-order chi connectivity index (χ0) is 18.2. The van der Waals surface area contributed by atoms with Crippen LogP contribution in [-0.4, -0.2) is 30.5 Å². The lowest BCUT2D eigenvalue weighted by Crippen LogP contribution is -2.64. The molecule has 0 radical (unpaired) electrons. The minimum Gasteiger partial charge on any atom is -0.494 e. The molecule has 2 bridgehead atoms. The molecule has 1 heterocycles. The van der Waals surface area contributed by atoms with Crippen molar-refractivity contribution in [3.8, 4) is 0 Å². The molecule has 0 unspecified atom stereocenters. The van der Waals surface area contributed by atoms with E-state index in [1.165, 1.54) is 57.8 Å². The molecule has 0 aromatic heterocycles. The first-order valence-corrected chi connectivity index (χ1v) is 11.0. The third kappa shape index (κ3) is 1.97. The van der Waals surface area contributed by atoms with Gasteiger partial charge in [-0.3, -0.25) is 0 Å². The van der Waals surface area contributed by atoms with Crippen molar-refractivity contribution in [2.75, 3.05) is 13.7 Å². The van der Waals surface area contributed by atoms with Gasteiger partial charge in [0, 0.05) is 18.4 Å². The second-order valence-corrected chi connectivity index (χ2v) is 10.5. The van der Waals surface area contributed by atoms with Gasteiger partial charge in [-0.2, -0.15) is 0 Å². The molecular formula is C23H36O3. The van der Waals surface area contributed by atoms with Crippen LogP contribution in [0.3, 0.4) is 0 Å². The maximum absolute atomic E-state index is 9.83. The summed E-state index contributed by atoms with van der Waals surface area (Å²) in [7, 11) is 1.89. The Hall–Kier alpha value is -0.540. The molecule has 3 nitrogen and oxygen atoms in total. The van der Waals surface area contributed by atoms with E-state index in [1.54, 1.807) is 0 Å². The number of ether oxygens (including phenoxy) is 2. The predicted octanol–water partition coefficient (Wildman–Crippen LogP) is 4.69. The van der Waals surface area contributed by atoms with Crippen LogP contribution in [0.1, 0.15) is 71.6 Å². The third-order valence-corrected chi connectivity index (χ3v) is 10.1. The topological polar surface area (TPSA) is 38.7 Å². The van der Waals surface area contributed by atoms with Gasteiger partial charge in [-0.25, -0.2) is 0 Å². The lowest BCUT2D eigenvalue weighted by molar-refractivity contribution is -0.219. The molecule has 1 aliphatic heterocycles. The van der Waals surface area contributed by atoms with Crippen molar-refractivity contribution >= 4 is 0 Å². The summed E-state index contributed by atoms with van der Waals surface area (Å²) >= 11 is 0. The molecule has 5 aliphatic rings. The average Bonchev–Trinajstić information content (AvgIpc) is 2.82. The van der Waals surface area contributed by atoms with Gasteiger partial charge in [0.1, 0.15) is 5.60 Å². The number of hydrogen-bond donors (Lipinski definition) is 1. The molecular weight excluding hydrogens is 324 g/mol. The predicted molar refractivity (Wildman–Crippen MR) is 102 cm³/mol. The van der Waals surface area contributed by atoms with Crippen molar-refractivity contribution in [3.05, 3.63) is 11.8 Å². The van der Waals surface area contributed by atoms with Crippen LogP contribution in [0.25, 0.3) is 0 Å². The number of methoxy groups -OCH3 is 1. The monoisotopic (exact) mass is 360 g/mol. The number of fused-ring (bicyclic) bond motifs is 3. The molecule has 146 valence electrons. The second-order valence-electron chi connectivity index (χ2n) is 10.5. The molecule has 26 heavy (non-hydrogen) atoms. The largest absolute Gasteiger partial charge is 0.494 e. The standard InChI is InChI=1S/C23H36O3/c1-21-9-6-17(25-3)12-16(21)4-5-20-19(21)7-10-22(2)18-8-11-23(20,22)26-14-15(18)13-24/h14,16-20,24H,4-13H2,1-3H3/t16-,17-,18+,19-,20+,21-,22+,23-/m0/s1. The Morgan fingerprint density at radius 3 is 2.69 bits per heavy atom. The summed E-state index contributed by atoms with van der Waals surface area (Å²) in [4.78, 5) is 0. The van der Waals surface area contributed by atoms with Crippen molar-refractivity contribution in [2.24, 2.45) is 34.5 Å². The minimum absolute atomic E-state index is 0.0331. The molecule has 5 rings (SSSR count). The molecule has 4 fully saturated rings. The lowest BCUT2D eigenvalue weighted by Gasteiger charge is -2.65. The van der Waals surface area contributed by atoms with Crippen molar-refractivity contribution in [1.82, 2.24) is 0 Å². The van der Waals surface area contributed by atoms with Crippen molar-refractivity contribution in [1.29, 1.82) is 0 Å². The van der Waals surface area contributed by atoms with E-state index >= 15 is 0 Å². The summed E-state index contributed by atoms with van der Waals surface area (Å²) in [6.07, 6.45) is 14.0. The molecule has 4 aliphatic carbocycles. The molecule has 0 aromatic carbocycles. The van der Waals surface area contributed by atoms with Gasteiger partial charge in [0.25, 0.3) is 0 Å². The van der Waals surface area contributed by atoms with Gasteiger partial charge in [0.05, 0.1) is 19.0 Å². The highest BCUT2D eigenvalue weighted by Gasteiger charge is 2.70. The van der Waals surface area contributed by atoms with E-state index in [-0.39, 0.29) is 17.6 Å². The molecule has 1 N–H and O–H groups in total. The Labute approximate surface area is 158 Å². The lowest BCUT2D eigenvalue weighted by atomic mass is 9.43. The van der Waals surface area contributed by atoms with Gasteiger partial charge < -0.3 is 14.6 Å². The van der Waals surface area contributed by atoms with Crippen LogP contribution in [0, 0.1) is 34.5 Å². The van der Waals surface area contributed by atoms with Gasteiger partial charge in [0.2, 0.25) is 0 Å². The SMILES string of the molecule is CO[C@H]1CC[C@@]2(C)[C@@H](CC[C@@H]3[C@@H]2CC[C@]2(C)[C@@H]4CC[C@]32OC=C4CO)C1. The highest BCUT2D eigenvalue weighted by atomic mass is 16.5. The molecule has 3 heteroatoms. The summed E-state index contributed by atoms with van der Waals surface area (Å²) in [5, 5.41) is 9.83. The van der Waals surface area contributed by atoms with E-state index in [4.69, 9.17) is 9.47 Å². The van der Waals surface area contributed by atoms with E-state index in [0.717, 1.165) is 17.4 Å². The first-order chi connectivity index (χ1) is 12.5. The molecule has 0 aromatic rings. The van der Waals surface area contributed by atoms with Crippen molar-refractivity contribution in [3.63, 3.8) is 0 Å². The van der Waals surface area contributed by atoms with Crippen molar-refractivity contribution < 1.29 is 14.6 Å². The fraction of sp³-hybridized carbons (Fsp3) is 0.913. The number of aliphatic hydroxyl groups excluding tert-OH is 1. The fourth-order valence-electron chi connectivity index (χ4n) is 8.65. The summed E-state index contributed by atoms with van der Waals surface area (Å²) in [5.41, 5.74) is 1.88. The second kappa shape index (κ2) is 5.73. The maximum Gasteiger partial charge on any atom is 0.117 e. The van der Waals surface area contributed by atoms with Crippen LogP contribution in [0.2, 0.25) is 0 Å². The van der Waals surface area contributed by atoms with E-state index in [2.05, 4.69) is 13.8 Å². The van der Waals surface area contributed by atoms with Crippen LogP contribution < -0.4 is 0 Å². The van der Waals surface area contributed by atoms with Crippen LogP contribution >= 0.6 is 0 Å². The summed E-state index contributed by atoms with van der Waals surface area (Å²) < 4.78 is 12.4. The van der Waals surface area contributed by atoms with Crippen LogP contribution in [-0.2, 0) is 9.47 Å². The normalized spacial score (nSPS) is 55.2. The first kappa shape index (κ1) is 17.6. The molecule has 0 spiro atoms. The van der Waals surface area contributed by atoms with Gasteiger partial charge in [-0.1, -0.05) is 13.8 Å². The van der Waals surface area contributed by atoms with Crippen LogP contribution in [0.15, 0.2) is 11.8 Å². The number of aliphatic hydroxyl groups is 1. The third-order valence-electron chi connectivity index (χ3n) is 10.1. The smallest absolute Gasteiger partial charge is 0.117 e. The van der Waals surface area contributed by atoms with Gasteiger partial charge in [0.15, 0.2) is 0 Å². The summed E-state index contributed by atoms with van der Waals surface area (Å²) in [5.74, 6) is 2.86. The quantitative estimate of drug-likeness (QED) is 0.776. The first-order valence-electron chi connectivity index (χ1n) is 11.0. The molecule has 0 amide bonds. The van der Waals surface area contributed by atoms with E-state index in [1.807, 2.05) is 13.4 Å². The number of rotatable bonds is 2. The Kier molecular flexibility index (Phi) is 3.87. The zero-order valence-electron chi connectivity index (χ0n) is 16.8. The highest BCUT2D eigenvalue weighted by Crippen LogP contribution is 2.72. The van der Waals surface area contributed by atoms with Crippen molar-refractivity contribution in [2.45, 2.75) is 83.3 Å². The Balaban J connectivity index is 1.50. The zero-order valence-corrected chi connectivity index (χ0v) is 16.8. The van der Waals surface area contributed by atoms with E-state index in [9.17, 15) is 5.11 Å². The minimum atomic E-state index is 0.0331. The highest BCUT2D eigenvalue weighted by molar-refractivity contribution is 5.27. The molecule has 8 atom stereocenters. The molecule has 4 saturated carbocycles. The fourth-order valence-corrected chi connectivity index (χ4v) is 8.65. The average molecular weight is 361 g/mol. The summed E-state index contributed by atoms with van der Waals surface area (Å²) in [6, 6.07) is 0. The van der Waals surface area contributed by atoms with E-state index < -0.39 is 0 Å². The Morgan fingerprint density at radius 1 is 1.08 bits per heavy atom. The molecule has 0 saturated heterocycles. The Morgan fingerprint density at radius 2 is 1.92 bits per heavy atom.